The van der Waals surface area contributed by atoms with Crippen LogP contribution in [0.1, 0.15) is 5.56 Å². The van der Waals surface area contributed by atoms with Crippen LogP contribution in [-0.4, -0.2) is 15.1 Å². The number of anilines is 1. The summed E-state index contributed by atoms with van der Waals surface area (Å²) in [5.41, 5.74) is 0.487. The average Bonchev–Trinajstić information content (AvgIpc) is 2.33. The minimum absolute atomic E-state index is 0.209. The second kappa shape index (κ2) is 5.01. The van der Waals surface area contributed by atoms with Crippen LogP contribution in [-0.2, 0) is 6.54 Å². The summed E-state index contributed by atoms with van der Waals surface area (Å²) in [6.07, 6.45) is 1.32. The Bertz CT molecular complexity index is 583. The zero-order valence-corrected chi connectivity index (χ0v) is 10.4. The lowest BCUT2D eigenvalue weighted by atomic mass is 10.2. The van der Waals surface area contributed by atoms with Crippen LogP contribution in [0.5, 0.6) is 5.75 Å². The largest absolute Gasteiger partial charge is 0.508 e. The number of aromatic amines is 1. The lowest BCUT2D eigenvalue weighted by Crippen LogP contribution is -2.12. The molecular weight excluding hydrogens is 286 g/mol. The zero-order valence-electron chi connectivity index (χ0n) is 8.77. The maximum Gasteiger partial charge on any atom is 0.267 e. The molecule has 0 saturated carbocycles. The van der Waals surface area contributed by atoms with Gasteiger partial charge in [0.25, 0.3) is 5.56 Å². The predicted octanol–water partition coefficient (Wildman–Crippen LogP) is 1.85. The van der Waals surface area contributed by atoms with E-state index in [1.54, 1.807) is 18.2 Å². The highest BCUT2D eigenvalue weighted by atomic mass is 79.9. The molecule has 17 heavy (non-hydrogen) atoms. The van der Waals surface area contributed by atoms with Crippen LogP contribution in [0, 0.1) is 0 Å². The molecule has 0 saturated heterocycles. The summed E-state index contributed by atoms with van der Waals surface area (Å²) in [5, 5.41) is 12.5. The van der Waals surface area contributed by atoms with E-state index in [4.69, 9.17) is 0 Å². The van der Waals surface area contributed by atoms with Crippen molar-refractivity contribution >= 4 is 21.7 Å². The number of nitrogens with zero attached hydrogens (tertiary/aromatic N) is 1. The molecule has 1 heterocycles. The van der Waals surface area contributed by atoms with Gasteiger partial charge in [0.1, 0.15) is 16.0 Å². The Morgan fingerprint density at radius 2 is 2.18 bits per heavy atom. The van der Waals surface area contributed by atoms with Crippen molar-refractivity contribution in [2.75, 3.05) is 5.32 Å². The standard InChI is InChI=1S/C11H10BrN3O2/c12-9-10(14-6-15-11(9)17)13-5-7-3-1-2-4-8(7)16/h1-4,6,16H,5H2,(H2,13,14,15,17). The summed E-state index contributed by atoms with van der Waals surface area (Å²) in [4.78, 5) is 17.7. The maximum atomic E-state index is 11.3. The van der Waals surface area contributed by atoms with Gasteiger partial charge in [0, 0.05) is 12.1 Å². The molecule has 0 radical (unpaired) electrons. The second-order valence-corrected chi connectivity index (χ2v) is 4.17. The minimum Gasteiger partial charge on any atom is -0.508 e. The van der Waals surface area contributed by atoms with Gasteiger partial charge in [-0.2, -0.15) is 0 Å². The van der Waals surface area contributed by atoms with E-state index in [-0.39, 0.29) is 11.3 Å². The van der Waals surface area contributed by atoms with Gasteiger partial charge in [0.05, 0.1) is 6.33 Å². The highest BCUT2D eigenvalue weighted by molar-refractivity contribution is 9.10. The Morgan fingerprint density at radius 3 is 2.94 bits per heavy atom. The van der Waals surface area contributed by atoms with Crippen LogP contribution < -0.4 is 10.9 Å². The van der Waals surface area contributed by atoms with E-state index in [1.807, 2.05) is 6.07 Å². The van der Waals surface area contributed by atoms with Crippen LogP contribution in [0.2, 0.25) is 0 Å². The average molecular weight is 296 g/mol. The van der Waals surface area contributed by atoms with Crippen LogP contribution in [0.15, 0.2) is 39.9 Å². The van der Waals surface area contributed by atoms with E-state index >= 15 is 0 Å². The van der Waals surface area contributed by atoms with Crippen LogP contribution >= 0.6 is 15.9 Å². The molecule has 0 aliphatic rings. The smallest absolute Gasteiger partial charge is 0.267 e. The number of halogens is 1. The molecule has 0 fully saturated rings. The lowest BCUT2D eigenvalue weighted by molar-refractivity contribution is 0.469. The third-order valence-corrected chi connectivity index (χ3v) is 2.97. The number of phenolic OH excluding ortho intramolecular Hbond substituents is 1. The number of benzene rings is 1. The molecule has 2 aromatic rings. The summed E-state index contributed by atoms with van der Waals surface area (Å²) in [6, 6.07) is 6.98. The van der Waals surface area contributed by atoms with Crippen LogP contribution in [0.4, 0.5) is 5.82 Å². The van der Waals surface area contributed by atoms with Gasteiger partial charge in [-0.3, -0.25) is 4.79 Å². The van der Waals surface area contributed by atoms with Crippen molar-refractivity contribution in [1.29, 1.82) is 0 Å². The van der Waals surface area contributed by atoms with E-state index in [2.05, 4.69) is 31.2 Å². The lowest BCUT2D eigenvalue weighted by Gasteiger charge is -2.07. The summed E-state index contributed by atoms with van der Waals surface area (Å²) < 4.78 is 0.343. The van der Waals surface area contributed by atoms with Gasteiger partial charge in [-0.25, -0.2) is 4.98 Å². The Labute approximate surface area is 106 Å². The first-order valence-corrected chi connectivity index (χ1v) is 5.71. The monoisotopic (exact) mass is 295 g/mol. The number of nitrogens with one attached hydrogen (secondary N) is 2. The molecule has 0 unspecified atom stereocenters. The molecule has 2 rings (SSSR count). The number of hydrogen-bond acceptors (Lipinski definition) is 4. The van der Waals surface area contributed by atoms with Crippen molar-refractivity contribution in [3.63, 3.8) is 0 Å². The van der Waals surface area contributed by atoms with Gasteiger partial charge >= 0.3 is 0 Å². The highest BCUT2D eigenvalue weighted by Crippen LogP contribution is 2.19. The van der Waals surface area contributed by atoms with Gasteiger partial charge < -0.3 is 15.4 Å². The molecular formula is C11H10BrN3O2. The highest BCUT2D eigenvalue weighted by Gasteiger charge is 2.05. The van der Waals surface area contributed by atoms with E-state index in [1.165, 1.54) is 6.33 Å². The van der Waals surface area contributed by atoms with E-state index < -0.39 is 0 Å². The fourth-order valence-electron chi connectivity index (χ4n) is 1.35. The van der Waals surface area contributed by atoms with E-state index in [0.29, 0.717) is 16.8 Å². The van der Waals surface area contributed by atoms with E-state index in [9.17, 15) is 9.90 Å². The number of aromatic nitrogens is 2. The third-order valence-electron chi connectivity index (χ3n) is 2.23. The van der Waals surface area contributed by atoms with Crippen molar-refractivity contribution < 1.29 is 5.11 Å². The molecule has 0 aliphatic carbocycles. The molecule has 88 valence electrons. The maximum absolute atomic E-state index is 11.3. The molecule has 1 aromatic carbocycles. The first-order chi connectivity index (χ1) is 8.18. The first-order valence-electron chi connectivity index (χ1n) is 4.92. The van der Waals surface area contributed by atoms with E-state index in [0.717, 1.165) is 5.56 Å². The quantitative estimate of drug-likeness (QED) is 0.807. The number of phenols is 1. The first kappa shape index (κ1) is 11.7. The van der Waals surface area contributed by atoms with Crippen LogP contribution in [0.25, 0.3) is 0 Å². The summed E-state index contributed by atoms with van der Waals surface area (Å²) >= 11 is 3.14. The predicted molar refractivity (Wildman–Crippen MR) is 68.0 cm³/mol. The topological polar surface area (TPSA) is 78.0 Å². The molecule has 0 bridgehead atoms. The van der Waals surface area contributed by atoms with Gasteiger partial charge in [-0.05, 0) is 22.0 Å². The number of aromatic hydroxyl groups is 1. The normalized spacial score (nSPS) is 10.2. The van der Waals surface area contributed by atoms with Crippen molar-refractivity contribution in [3.8, 4) is 5.75 Å². The van der Waals surface area contributed by atoms with Crippen molar-refractivity contribution in [2.24, 2.45) is 0 Å². The second-order valence-electron chi connectivity index (χ2n) is 3.38. The third kappa shape index (κ3) is 2.65. The molecule has 0 amide bonds. The van der Waals surface area contributed by atoms with Gasteiger partial charge in [-0.15, -0.1) is 0 Å². The molecule has 0 atom stereocenters. The molecule has 6 heteroatoms. The fourth-order valence-corrected chi connectivity index (χ4v) is 1.70. The summed E-state index contributed by atoms with van der Waals surface area (Å²) in [7, 11) is 0. The van der Waals surface area contributed by atoms with Gasteiger partial charge in [0.2, 0.25) is 0 Å². The molecule has 0 spiro atoms. The minimum atomic E-state index is -0.250. The van der Waals surface area contributed by atoms with Gasteiger partial charge in [0.15, 0.2) is 0 Å². The molecule has 5 nitrogen and oxygen atoms in total. The van der Waals surface area contributed by atoms with Crippen LogP contribution in [0.3, 0.4) is 0 Å². The Hall–Kier alpha value is -1.82. The Morgan fingerprint density at radius 1 is 1.41 bits per heavy atom. The summed E-state index contributed by atoms with van der Waals surface area (Å²) in [5.74, 6) is 0.651. The van der Waals surface area contributed by atoms with Gasteiger partial charge in [-0.1, -0.05) is 18.2 Å². The summed E-state index contributed by atoms with van der Waals surface area (Å²) in [6.45, 7) is 0.391. The Balaban J connectivity index is 2.16. The SMILES string of the molecule is O=c1[nH]cnc(NCc2ccccc2O)c1Br. The zero-order chi connectivity index (χ0) is 12.3. The molecule has 1 aromatic heterocycles. The number of hydrogen-bond donors (Lipinski definition) is 3. The van der Waals surface area contributed by atoms with Crippen molar-refractivity contribution in [1.82, 2.24) is 9.97 Å². The Kier molecular flexibility index (Phi) is 3.43. The fraction of sp³-hybridized carbons (Fsp3) is 0.0909. The van der Waals surface area contributed by atoms with Crippen molar-refractivity contribution in [3.05, 3.63) is 51.0 Å². The molecule has 3 N–H and O–H groups in total. The number of para-hydroxylation sites is 1. The van der Waals surface area contributed by atoms with Crippen molar-refractivity contribution in [2.45, 2.75) is 6.54 Å². The number of H-pyrrole nitrogens is 1. The molecule has 0 aliphatic heterocycles. The number of rotatable bonds is 3.